The normalized spacial score (nSPS) is 14.1. The lowest BCUT2D eigenvalue weighted by molar-refractivity contribution is -0.130. The molecule has 3 aromatic carbocycles. The van der Waals surface area contributed by atoms with E-state index in [0.717, 1.165) is 21.7 Å². The van der Waals surface area contributed by atoms with Crippen molar-refractivity contribution < 1.29 is 23.5 Å². The first-order chi connectivity index (χ1) is 23.5. The summed E-state index contributed by atoms with van der Waals surface area (Å²) in [6.45, 7) is 0.536. The number of aryl methyl sites for hydroxylation is 1. The van der Waals surface area contributed by atoms with E-state index in [-0.39, 0.29) is 23.8 Å². The molecule has 1 aliphatic heterocycles. The molecule has 5 aromatic rings. The molecule has 0 fully saturated rings. The van der Waals surface area contributed by atoms with Crippen LogP contribution in [0, 0.1) is 5.82 Å². The molecule has 1 aliphatic rings. The summed E-state index contributed by atoms with van der Waals surface area (Å²) in [5, 5.41) is 20.3. The minimum absolute atomic E-state index is 0.0295. The average molecular weight is 685 g/mol. The molecule has 0 saturated carbocycles. The molecule has 10 nitrogen and oxygen atoms in total. The molecule has 0 unspecified atom stereocenters. The molecule has 6 rings (SSSR count). The van der Waals surface area contributed by atoms with Crippen LogP contribution in [0.4, 0.5) is 4.39 Å². The van der Waals surface area contributed by atoms with Gasteiger partial charge in [-0.2, -0.15) is 5.10 Å². The van der Waals surface area contributed by atoms with Crippen LogP contribution in [0.1, 0.15) is 44.6 Å². The molecule has 48 heavy (non-hydrogen) atoms. The van der Waals surface area contributed by atoms with Crippen LogP contribution in [0.25, 0.3) is 0 Å². The van der Waals surface area contributed by atoms with E-state index >= 15 is 0 Å². The Kier molecular flexibility index (Phi) is 10.5. The molecule has 0 saturated heterocycles. The van der Waals surface area contributed by atoms with Crippen LogP contribution in [0.2, 0.25) is 0 Å². The summed E-state index contributed by atoms with van der Waals surface area (Å²) in [5.41, 5.74) is 2.67. The van der Waals surface area contributed by atoms with Gasteiger partial charge in [-0.3, -0.25) is 9.59 Å². The Bertz CT molecular complexity index is 1920. The zero-order valence-electron chi connectivity index (χ0n) is 26.3. The van der Waals surface area contributed by atoms with Gasteiger partial charge >= 0.3 is 0 Å². The molecule has 0 radical (unpaired) electrons. The van der Waals surface area contributed by atoms with Crippen molar-refractivity contribution in [1.82, 2.24) is 25.1 Å². The Balaban J connectivity index is 1.23. The number of para-hydroxylation sites is 1. The number of halogens is 1. The Morgan fingerprint density at radius 2 is 1.79 bits per heavy atom. The second kappa shape index (κ2) is 15.3. The molecule has 246 valence electrons. The van der Waals surface area contributed by atoms with E-state index in [1.807, 2.05) is 70.6 Å². The number of ether oxygens (including phenoxy) is 2. The first-order valence-corrected chi connectivity index (χ1v) is 17.1. The van der Waals surface area contributed by atoms with Crippen LogP contribution in [-0.2, 0) is 24.3 Å². The van der Waals surface area contributed by atoms with Gasteiger partial charge in [0.15, 0.2) is 22.5 Å². The van der Waals surface area contributed by atoms with Crippen LogP contribution >= 0.6 is 23.1 Å². The summed E-state index contributed by atoms with van der Waals surface area (Å²) in [4.78, 5) is 27.7. The predicted molar refractivity (Wildman–Crippen MR) is 183 cm³/mol. The Morgan fingerprint density at radius 3 is 2.54 bits per heavy atom. The van der Waals surface area contributed by atoms with Crippen molar-refractivity contribution in [2.45, 2.75) is 37.1 Å². The fourth-order valence-corrected chi connectivity index (χ4v) is 7.06. The first-order valence-electron chi connectivity index (χ1n) is 15.2. The molecule has 2 amide bonds. The Morgan fingerprint density at radius 1 is 0.979 bits per heavy atom. The molecule has 1 atom stereocenters. The maximum atomic E-state index is 14.2. The van der Waals surface area contributed by atoms with Gasteiger partial charge in [0.1, 0.15) is 5.82 Å². The smallest absolute Gasteiger partial charge is 0.254 e. The van der Waals surface area contributed by atoms with E-state index in [1.165, 1.54) is 35.0 Å². The maximum Gasteiger partial charge on any atom is 0.254 e. The Labute approximate surface area is 285 Å². The van der Waals surface area contributed by atoms with E-state index in [0.29, 0.717) is 41.9 Å². The van der Waals surface area contributed by atoms with E-state index in [9.17, 15) is 14.0 Å². The number of carbonyl (C=O) groups excluding carboxylic acids is 2. The van der Waals surface area contributed by atoms with Gasteiger partial charge in [0, 0.05) is 18.5 Å². The number of amides is 2. The van der Waals surface area contributed by atoms with Gasteiger partial charge in [0.25, 0.3) is 11.8 Å². The number of aromatic nitrogens is 3. The zero-order valence-corrected chi connectivity index (χ0v) is 28.0. The zero-order chi connectivity index (χ0) is 33.5. The van der Waals surface area contributed by atoms with Crippen LogP contribution in [-0.4, -0.2) is 57.3 Å². The topological polar surface area (TPSA) is 111 Å². The molecule has 0 spiro atoms. The number of thioether (sulfide) groups is 1. The van der Waals surface area contributed by atoms with Crippen molar-refractivity contribution in [2.24, 2.45) is 5.10 Å². The molecule has 3 heterocycles. The van der Waals surface area contributed by atoms with Crippen LogP contribution < -0.4 is 14.8 Å². The lowest BCUT2D eigenvalue weighted by atomic mass is 9.99. The van der Waals surface area contributed by atoms with E-state index < -0.39 is 17.8 Å². The summed E-state index contributed by atoms with van der Waals surface area (Å²) in [7, 11) is 3.16. The number of hydrogen-bond donors (Lipinski definition) is 1. The second-order valence-corrected chi connectivity index (χ2v) is 12.7. The number of rotatable bonds is 13. The molecule has 13 heteroatoms. The van der Waals surface area contributed by atoms with Gasteiger partial charge in [-0.25, -0.2) is 9.40 Å². The SMILES string of the molecule is COc1cccc([C@H]2CC(c3cccs3)=NN2C(=O)CSc2nnc(CNC(=O)c3ccccc3F)n2CCc2ccccc2)c1OC. The van der Waals surface area contributed by atoms with Crippen molar-refractivity contribution >= 4 is 40.6 Å². The number of hydrazone groups is 1. The highest BCUT2D eigenvalue weighted by molar-refractivity contribution is 7.99. The van der Waals surface area contributed by atoms with Crippen LogP contribution in [0.5, 0.6) is 11.5 Å². The minimum atomic E-state index is -0.605. The third-order valence-corrected chi connectivity index (χ3v) is 9.74. The predicted octanol–water partition coefficient (Wildman–Crippen LogP) is 6.14. The van der Waals surface area contributed by atoms with Crippen LogP contribution in [0.3, 0.4) is 0 Å². The van der Waals surface area contributed by atoms with E-state index in [1.54, 1.807) is 31.6 Å². The van der Waals surface area contributed by atoms with Crippen molar-refractivity contribution in [2.75, 3.05) is 20.0 Å². The lowest BCUT2D eigenvalue weighted by Crippen LogP contribution is -2.29. The largest absolute Gasteiger partial charge is 0.493 e. The van der Waals surface area contributed by atoms with Crippen LogP contribution in [0.15, 0.2) is 101 Å². The number of nitrogens with one attached hydrogen (secondary N) is 1. The highest BCUT2D eigenvalue weighted by Crippen LogP contribution is 2.42. The molecular weight excluding hydrogens is 652 g/mol. The molecule has 0 bridgehead atoms. The minimum Gasteiger partial charge on any atom is -0.493 e. The first kappa shape index (κ1) is 32.9. The number of nitrogens with zero attached hydrogens (tertiary/aromatic N) is 5. The number of hydrogen-bond acceptors (Lipinski definition) is 9. The number of methoxy groups -OCH3 is 2. The fourth-order valence-electron chi connectivity index (χ4n) is 5.51. The highest BCUT2D eigenvalue weighted by Gasteiger charge is 2.36. The summed E-state index contributed by atoms with van der Waals surface area (Å²) >= 11 is 2.82. The van der Waals surface area contributed by atoms with E-state index in [4.69, 9.17) is 14.6 Å². The summed E-state index contributed by atoms with van der Waals surface area (Å²) in [6.07, 6.45) is 1.19. The van der Waals surface area contributed by atoms with Crippen molar-refractivity contribution in [1.29, 1.82) is 0 Å². The van der Waals surface area contributed by atoms with Gasteiger partial charge in [-0.1, -0.05) is 72.4 Å². The number of thiophene rings is 1. The second-order valence-electron chi connectivity index (χ2n) is 10.8. The lowest BCUT2D eigenvalue weighted by Gasteiger charge is -2.24. The van der Waals surface area contributed by atoms with Gasteiger partial charge in [0.05, 0.1) is 48.7 Å². The van der Waals surface area contributed by atoms with Crippen molar-refractivity contribution in [3.63, 3.8) is 0 Å². The van der Waals surface area contributed by atoms with Gasteiger partial charge in [-0.15, -0.1) is 21.5 Å². The molecule has 1 N–H and O–H groups in total. The standard InChI is InChI=1S/C35H33FN6O4S2/c1-45-29-15-8-13-25(33(29)46-2)28-20-27(30-16-9-19-47-30)40-42(28)32(43)22-48-35-39-38-31(41(35)18-17-23-10-4-3-5-11-23)21-37-34(44)24-12-6-7-14-26(24)36/h3-16,19,28H,17-18,20-22H2,1-2H3,(H,37,44)/t28-/m1/s1. The maximum absolute atomic E-state index is 14.2. The summed E-state index contributed by atoms with van der Waals surface area (Å²) in [6, 6.07) is 24.9. The fraction of sp³-hybridized carbons (Fsp3) is 0.229. The third kappa shape index (κ3) is 7.26. The molecular formula is C35H33FN6O4S2. The quantitative estimate of drug-likeness (QED) is 0.148. The Hall–Kier alpha value is -5.01. The summed E-state index contributed by atoms with van der Waals surface area (Å²) < 4.78 is 27.4. The number of benzene rings is 3. The summed E-state index contributed by atoms with van der Waals surface area (Å²) in [5.74, 6) is 0.282. The van der Waals surface area contributed by atoms with Gasteiger partial charge in [-0.05, 0) is 41.6 Å². The highest BCUT2D eigenvalue weighted by atomic mass is 32.2. The van der Waals surface area contributed by atoms with Gasteiger partial charge < -0.3 is 19.4 Å². The average Bonchev–Trinajstić information content (AvgIpc) is 3.89. The number of carbonyl (C=O) groups is 2. The molecule has 0 aliphatic carbocycles. The van der Waals surface area contributed by atoms with Gasteiger partial charge in [0.2, 0.25) is 0 Å². The molecule has 2 aromatic heterocycles. The van der Waals surface area contributed by atoms with Crippen molar-refractivity contribution in [3.05, 3.63) is 124 Å². The third-order valence-electron chi connectivity index (χ3n) is 7.87. The monoisotopic (exact) mass is 684 g/mol. The van der Waals surface area contributed by atoms with Crippen molar-refractivity contribution in [3.8, 4) is 11.5 Å². The van der Waals surface area contributed by atoms with E-state index in [2.05, 4.69) is 15.5 Å².